The van der Waals surface area contributed by atoms with Crippen molar-refractivity contribution >= 4 is 0 Å². The van der Waals surface area contributed by atoms with E-state index in [9.17, 15) is 0 Å². The number of hydrogen-bond acceptors (Lipinski definition) is 1. The summed E-state index contributed by atoms with van der Waals surface area (Å²) in [6, 6.07) is 0. The van der Waals surface area contributed by atoms with E-state index in [1.165, 1.54) is 45.1 Å². The van der Waals surface area contributed by atoms with Crippen molar-refractivity contribution in [2.24, 2.45) is 5.92 Å². The Kier molecular flexibility index (Phi) is 1.92. The smallest absolute Gasteiger partial charge is 0.0219 e. The lowest BCUT2D eigenvalue weighted by Gasteiger charge is -2.47. The summed E-state index contributed by atoms with van der Waals surface area (Å²) in [6.45, 7) is 3.70. The molecule has 1 saturated heterocycles. The Labute approximate surface area is 69.6 Å². The van der Waals surface area contributed by atoms with Crippen LogP contribution in [0.2, 0.25) is 0 Å². The molecule has 1 aliphatic carbocycles. The molecule has 1 spiro atoms. The minimum Gasteiger partial charge on any atom is -0.311 e. The molecule has 1 heteroatoms. The van der Waals surface area contributed by atoms with E-state index in [1.54, 1.807) is 0 Å². The summed E-state index contributed by atoms with van der Waals surface area (Å²) in [6.07, 6.45) is 8.71. The van der Waals surface area contributed by atoms with E-state index in [4.69, 9.17) is 0 Å². The molecule has 0 aromatic rings. The SMILES string of the molecule is CC1CCCCCC12CCN2. The van der Waals surface area contributed by atoms with Crippen LogP contribution in [0.5, 0.6) is 0 Å². The lowest BCUT2D eigenvalue weighted by atomic mass is 9.74. The van der Waals surface area contributed by atoms with Crippen molar-refractivity contribution < 1.29 is 0 Å². The van der Waals surface area contributed by atoms with Crippen LogP contribution in [0.1, 0.15) is 45.4 Å². The average molecular weight is 153 g/mol. The van der Waals surface area contributed by atoms with E-state index >= 15 is 0 Å². The van der Waals surface area contributed by atoms with E-state index in [2.05, 4.69) is 12.2 Å². The predicted octanol–water partition coefficient (Wildman–Crippen LogP) is 2.32. The Morgan fingerprint density at radius 2 is 2.00 bits per heavy atom. The van der Waals surface area contributed by atoms with Gasteiger partial charge in [0, 0.05) is 5.54 Å². The van der Waals surface area contributed by atoms with Gasteiger partial charge in [-0.05, 0) is 31.7 Å². The van der Waals surface area contributed by atoms with Gasteiger partial charge in [0.25, 0.3) is 0 Å². The molecule has 0 bridgehead atoms. The number of hydrogen-bond donors (Lipinski definition) is 1. The van der Waals surface area contributed by atoms with Crippen LogP contribution in [-0.2, 0) is 0 Å². The highest BCUT2D eigenvalue weighted by Gasteiger charge is 2.41. The van der Waals surface area contributed by atoms with Crippen LogP contribution in [-0.4, -0.2) is 12.1 Å². The van der Waals surface area contributed by atoms with Gasteiger partial charge in [0.1, 0.15) is 0 Å². The second-order valence-electron chi connectivity index (χ2n) is 4.33. The van der Waals surface area contributed by atoms with Crippen molar-refractivity contribution in [3.05, 3.63) is 0 Å². The topological polar surface area (TPSA) is 12.0 Å². The Morgan fingerprint density at radius 3 is 2.64 bits per heavy atom. The first-order chi connectivity index (χ1) is 5.33. The maximum atomic E-state index is 3.65. The first-order valence-corrected chi connectivity index (χ1v) is 5.08. The summed E-state index contributed by atoms with van der Waals surface area (Å²) in [4.78, 5) is 0. The van der Waals surface area contributed by atoms with Crippen LogP contribution in [0.15, 0.2) is 0 Å². The Balaban J connectivity index is 2.03. The zero-order chi connectivity index (χ0) is 7.73. The van der Waals surface area contributed by atoms with E-state index in [-0.39, 0.29) is 0 Å². The lowest BCUT2D eigenvalue weighted by molar-refractivity contribution is 0.119. The largest absolute Gasteiger partial charge is 0.311 e. The molecule has 1 heterocycles. The lowest BCUT2D eigenvalue weighted by Crippen LogP contribution is -2.60. The highest BCUT2D eigenvalue weighted by molar-refractivity contribution is 5.00. The van der Waals surface area contributed by atoms with Gasteiger partial charge in [-0.15, -0.1) is 0 Å². The van der Waals surface area contributed by atoms with Gasteiger partial charge in [0.05, 0.1) is 0 Å². The highest BCUT2D eigenvalue weighted by Crippen LogP contribution is 2.38. The van der Waals surface area contributed by atoms with Gasteiger partial charge in [-0.3, -0.25) is 0 Å². The van der Waals surface area contributed by atoms with Crippen LogP contribution in [0.25, 0.3) is 0 Å². The first kappa shape index (κ1) is 7.60. The molecule has 2 unspecified atom stereocenters. The summed E-state index contributed by atoms with van der Waals surface area (Å²) < 4.78 is 0. The standard InChI is InChI=1S/C10H19N/c1-9-5-3-2-4-6-10(9)7-8-11-10/h9,11H,2-8H2,1H3. The van der Waals surface area contributed by atoms with Crippen LogP contribution < -0.4 is 5.32 Å². The van der Waals surface area contributed by atoms with Crippen LogP contribution in [0.4, 0.5) is 0 Å². The minimum absolute atomic E-state index is 0.594. The zero-order valence-electron chi connectivity index (χ0n) is 7.53. The maximum Gasteiger partial charge on any atom is 0.0219 e. The fraction of sp³-hybridized carbons (Fsp3) is 1.00. The van der Waals surface area contributed by atoms with Gasteiger partial charge < -0.3 is 5.32 Å². The van der Waals surface area contributed by atoms with E-state index in [0.29, 0.717) is 5.54 Å². The van der Waals surface area contributed by atoms with Crippen LogP contribution in [0, 0.1) is 5.92 Å². The Bertz CT molecular complexity index is 138. The highest BCUT2D eigenvalue weighted by atomic mass is 15.1. The summed E-state index contributed by atoms with van der Waals surface area (Å²) >= 11 is 0. The number of rotatable bonds is 0. The zero-order valence-corrected chi connectivity index (χ0v) is 7.53. The van der Waals surface area contributed by atoms with Gasteiger partial charge >= 0.3 is 0 Å². The van der Waals surface area contributed by atoms with Crippen molar-refractivity contribution in [3.63, 3.8) is 0 Å². The molecular formula is C10H19N. The van der Waals surface area contributed by atoms with E-state index in [1.807, 2.05) is 0 Å². The van der Waals surface area contributed by atoms with Gasteiger partial charge in [0.2, 0.25) is 0 Å². The first-order valence-electron chi connectivity index (χ1n) is 5.08. The molecule has 1 nitrogen and oxygen atoms in total. The fourth-order valence-electron chi connectivity index (χ4n) is 2.67. The summed E-state index contributed by atoms with van der Waals surface area (Å²) in [7, 11) is 0. The molecule has 2 rings (SSSR count). The van der Waals surface area contributed by atoms with Crippen LogP contribution >= 0.6 is 0 Å². The molecule has 2 aliphatic rings. The average Bonchev–Trinajstić information content (AvgIpc) is 2.09. The van der Waals surface area contributed by atoms with Crippen molar-refractivity contribution in [1.29, 1.82) is 0 Å². The Hall–Kier alpha value is -0.0400. The van der Waals surface area contributed by atoms with E-state index < -0.39 is 0 Å². The van der Waals surface area contributed by atoms with E-state index in [0.717, 1.165) is 5.92 Å². The van der Waals surface area contributed by atoms with Gasteiger partial charge in [-0.25, -0.2) is 0 Å². The molecule has 0 aromatic carbocycles. The van der Waals surface area contributed by atoms with Crippen molar-refractivity contribution in [2.45, 2.75) is 51.0 Å². The molecule has 2 atom stereocenters. The Morgan fingerprint density at radius 1 is 1.18 bits per heavy atom. The molecule has 2 fully saturated rings. The van der Waals surface area contributed by atoms with Gasteiger partial charge in [0.15, 0.2) is 0 Å². The maximum absolute atomic E-state index is 3.65. The third-order valence-electron chi connectivity index (χ3n) is 3.75. The van der Waals surface area contributed by atoms with Crippen molar-refractivity contribution in [1.82, 2.24) is 5.32 Å². The van der Waals surface area contributed by atoms with Gasteiger partial charge in [-0.2, -0.15) is 0 Å². The quantitative estimate of drug-likeness (QED) is 0.563. The molecule has 0 amide bonds. The molecule has 0 radical (unpaired) electrons. The third kappa shape index (κ3) is 1.20. The second kappa shape index (κ2) is 2.78. The van der Waals surface area contributed by atoms with Crippen molar-refractivity contribution in [2.75, 3.05) is 6.54 Å². The molecular weight excluding hydrogens is 134 g/mol. The molecule has 1 N–H and O–H groups in total. The second-order valence-corrected chi connectivity index (χ2v) is 4.33. The number of nitrogens with one attached hydrogen (secondary N) is 1. The van der Waals surface area contributed by atoms with Crippen LogP contribution in [0.3, 0.4) is 0 Å². The fourth-order valence-corrected chi connectivity index (χ4v) is 2.67. The molecule has 11 heavy (non-hydrogen) atoms. The normalized spacial score (nSPS) is 45.0. The monoisotopic (exact) mass is 153 g/mol. The van der Waals surface area contributed by atoms with Gasteiger partial charge in [-0.1, -0.05) is 26.2 Å². The molecule has 0 aromatic heterocycles. The third-order valence-corrected chi connectivity index (χ3v) is 3.75. The summed E-state index contributed by atoms with van der Waals surface area (Å²) in [5.41, 5.74) is 0.594. The molecule has 64 valence electrons. The summed E-state index contributed by atoms with van der Waals surface area (Å²) in [5.74, 6) is 0.929. The minimum atomic E-state index is 0.594. The molecule has 1 saturated carbocycles. The molecule has 1 aliphatic heterocycles. The summed E-state index contributed by atoms with van der Waals surface area (Å²) in [5, 5.41) is 3.65. The van der Waals surface area contributed by atoms with Crippen molar-refractivity contribution in [3.8, 4) is 0 Å². The predicted molar refractivity (Wildman–Crippen MR) is 47.6 cm³/mol.